The Morgan fingerprint density at radius 3 is 3.08 bits per heavy atom. The molecule has 3 heteroatoms. The molecule has 2 nitrogen and oxygen atoms in total. The molecule has 2 N–H and O–H groups in total. The van der Waals surface area contributed by atoms with Crippen LogP contribution in [0, 0.1) is 0 Å². The Hall–Kier alpha value is -0.540. The first-order valence-electron chi connectivity index (χ1n) is 4.43. The van der Waals surface area contributed by atoms with Gasteiger partial charge in [-0.3, -0.25) is 0 Å². The van der Waals surface area contributed by atoms with E-state index in [1.54, 1.807) is 0 Å². The fourth-order valence-electron chi connectivity index (χ4n) is 1.99. The lowest BCUT2D eigenvalue weighted by Crippen LogP contribution is -2.20. The summed E-state index contributed by atoms with van der Waals surface area (Å²) >= 11 is 3.56. The van der Waals surface area contributed by atoms with E-state index < -0.39 is 0 Å². The zero-order valence-corrected chi connectivity index (χ0v) is 9.21. The number of nitrogens with two attached hydrogens (primary N) is 1. The molecule has 2 rings (SSSR count). The second-order valence-electron chi connectivity index (χ2n) is 3.49. The van der Waals surface area contributed by atoms with Crippen LogP contribution in [-0.2, 0) is 0 Å². The summed E-state index contributed by atoms with van der Waals surface area (Å²) in [6, 6.07) is 6.32. The molecular weight excluding hydrogens is 228 g/mol. The number of hydrogen-bond donors (Lipinski definition) is 1. The van der Waals surface area contributed by atoms with E-state index >= 15 is 0 Å². The number of rotatable bonds is 1. The summed E-state index contributed by atoms with van der Waals surface area (Å²) in [7, 11) is 2.11. The smallest absolute Gasteiger partial charge is 0.0544 e. The SMILES string of the molecule is CN1CC(CN)c2cccc(Br)c21. The van der Waals surface area contributed by atoms with Crippen LogP contribution in [0.5, 0.6) is 0 Å². The van der Waals surface area contributed by atoms with Gasteiger partial charge in [0.15, 0.2) is 0 Å². The molecule has 0 bridgehead atoms. The van der Waals surface area contributed by atoms with Gasteiger partial charge in [-0.05, 0) is 27.6 Å². The average Bonchev–Trinajstić information content (AvgIpc) is 2.44. The summed E-state index contributed by atoms with van der Waals surface area (Å²) in [6.07, 6.45) is 0. The fraction of sp³-hybridized carbons (Fsp3) is 0.400. The van der Waals surface area contributed by atoms with E-state index in [9.17, 15) is 0 Å². The topological polar surface area (TPSA) is 29.3 Å². The summed E-state index contributed by atoms with van der Waals surface area (Å²) in [4.78, 5) is 2.26. The minimum absolute atomic E-state index is 0.498. The Labute approximate surface area is 86.9 Å². The van der Waals surface area contributed by atoms with Crippen molar-refractivity contribution in [1.82, 2.24) is 0 Å². The van der Waals surface area contributed by atoms with Gasteiger partial charge in [0, 0.05) is 30.5 Å². The molecule has 0 saturated carbocycles. The standard InChI is InChI=1S/C10H13BrN2/c1-13-6-7(5-12)8-3-2-4-9(11)10(8)13/h2-4,7H,5-6,12H2,1H3. The Morgan fingerprint density at radius 1 is 1.62 bits per heavy atom. The second kappa shape index (κ2) is 3.31. The molecule has 0 saturated heterocycles. The summed E-state index contributed by atoms with van der Waals surface area (Å²) < 4.78 is 1.17. The third kappa shape index (κ3) is 1.36. The Kier molecular flexibility index (Phi) is 2.30. The summed E-state index contributed by atoms with van der Waals surface area (Å²) in [6.45, 7) is 1.77. The third-order valence-corrected chi connectivity index (χ3v) is 3.26. The first-order chi connectivity index (χ1) is 6.24. The lowest BCUT2D eigenvalue weighted by molar-refractivity contribution is 0.730. The number of halogens is 1. The van der Waals surface area contributed by atoms with Crippen molar-refractivity contribution >= 4 is 21.6 Å². The highest BCUT2D eigenvalue weighted by molar-refractivity contribution is 9.10. The van der Waals surface area contributed by atoms with E-state index in [0.717, 1.165) is 13.1 Å². The Bertz CT molecular complexity index is 325. The van der Waals surface area contributed by atoms with Gasteiger partial charge in [0.1, 0.15) is 0 Å². The second-order valence-corrected chi connectivity index (χ2v) is 4.35. The van der Waals surface area contributed by atoms with Gasteiger partial charge in [0.05, 0.1) is 5.69 Å². The average molecular weight is 241 g/mol. The van der Waals surface area contributed by atoms with Crippen molar-refractivity contribution in [2.45, 2.75) is 5.92 Å². The number of nitrogens with zero attached hydrogens (tertiary/aromatic N) is 1. The first-order valence-corrected chi connectivity index (χ1v) is 5.23. The molecule has 0 radical (unpaired) electrons. The Morgan fingerprint density at radius 2 is 2.38 bits per heavy atom. The summed E-state index contributed by atoms with van der Waals surface area (Å²) in [5.74, 6) is 0.498. The minimum atomic E-state index is 0.498. The van der Waals surface area contributed by atoms with Gasteiger partial charge in [-0.15, -0.1) is 0 Å². The van der Waals surface area contributed by atoms with Gasteiger partial charge in [0.2, 0.25) is 0 Å². The molecule has 0 fully saturated rings. The van der Waals surface area contributed by atoms with Crippen molar-refractivity contribution in [3.05, 3.63) is 28.2 Å². The summed E-state index contributed by atoms with van der Waals surface area (Å²) in [5.41, 5.74) is 8.40. The highest BCUT2D eigenvalue weighted by Gasteiger charge is 2.26. The van der Waals surface area contributed by atoms with Gasteiger partial charge in [-0.25, -0.2) is 0 Å². The van der Waals surface area contributed by atoms with Crippen LogP contribution in [0.15, 0.2) is 22.7 Å². The molecule has 1 aromatic carbocycles. The predicted octanol–water partition coefficient (Wildman–Crippen LogP) is 1.94. The number of fused-ring (bicyclic) bond motifs is 1. The Balaban J connectivity index is 2.51. The van der Waals surface area contributed by atoms with Gasteiger partial charge in [0.25, 0.3) is 0 Å². The zero-order valence-electron chi connectivity index (χ0n) is 7.63. The van der Waals surface area contributed by atoms with Crippen LogP contribution >= 0.6 is 15.9 Å². The normalized spacial score (nSPS) is 20.5. The quantitative estimate of drug-likeness (QED) is 0.814. The number of anilines is 1. The van der Waals surface area contributed by atoms with E-state index in [-0.39, 0.29) is 0 Å². The monoisotopic (exact) mass is 240 g/mol. The van der Waals surface area contributed by atoms with Crippen molar-refractivity contribution < 1.29 is 0 Å². The molecule has 0 spiro atoms. The van der Waals surface area contributed by atoms with Crippen molar-refractivity contribution in [2.24, 2.45) is 5.73 Å². The van der Waals surface area contributed by atoms with Crippen LogP contribution in [0.4, 0.5) is 5.69 Å². The van der Waals surface area contributed by atoms with Crippen molar-refractivity contribution in [1.29, 1.82) is 0 Å². The maximum atomic E-state index is 5.72. The van der Waals surface area contributed by atoms with Gasteiger partial charge < -0.3 is 10.6 Å². The molecule has 0 amide bonds. The lowest BCUT2D eigenvalue weighted by Gasteiger charge is -2.13. The summed E-state index contributed by atoms with van der Waals surface area (Å²) in [5, 5.41) is 0. The van der Waals surface area contributed by atoms with Crippen LogP contribution in [0.25, 0.3) is 0 Å². The third-order valence-electron chi connectivity index (χ3n) is 2.62. The van der Waals surface area contributed by atoms with E-state index in [1.807, 2.05) is 0 Å². The molecule has 1 unspecified atom stereocenters. The highest BCUT2D eigenvalue weighted by atomic mass is 79.9. The van der Waals surface area contributed by atoms with Crippen LogP contribution in [0.2, 0.25) is 0 Å². The van der Waals surface area contributed by atoms with E-state index in [1.165, 1.54) is 15.7 Å². The predicted molar refractivity (Wildman–Crippen MR) is 59.2 cm³/mol. The molecule has 70 valence electrons. The molecule has 1 atom stereocenters. The minimum Gasteiger partial charge on any atom is -0.373 e. The van der Waals surface area contributed by atoms with Gasteiger partial charge >= 0.3 is 0 Å². The maximum Gasteiger partial charge on any atom is 0.0544 e. The van der Waals surface area contributed by atoms with Crippen LogP contribution in [-0.4, -0.2) is 20.1 Å². The maximum absolute atomic E-state index is 5.72. The van der Waals surface area contributed by atoms with Crippen LogP contribution in [0.3, 0.4) is 0 Å². The zero-order chi connectivity index (χ0) is 9.42. The number of benzene rings is 1. The number of hydrogen-bond acceptors (Lipinski definition) is 2. The number of likely N-dealkylation sites (N-methyl/N-ethyl adjacent to an activating group) is 1. The highest BCUT2D eigenvalue weighted by Crippen LogP contribution is 2.39. The lowest BCUT2D eigenvalue weighted by atomic mass is 10.0. The van der Waals surface area contributed by atoms with Gasteiger partial charge in [-0.2, -0.15) is 0 Å². The van der Waals surface area contributed by atoms with E-state index in [2.05, 4.69) is 46.1 Å². The van der Waals surface area contributed by atoms with Gasteiger partial charge in [-0.1, -0.05) is 12.1 Å². The molecular formula is C10H13BrN2. The molecule has 1 heterocycles. The molecule has 1 aliphatic rings. The molecule has 13 heavy (non-hydrogen) atoms. The van der Waals surface area contributed by atoms with E-state index in [0.29, 0.717) is 5.92 Å². The van der Waals surface area contributed by atoms with Crippen molar-refractivity contribution in [3.8, 4) is 0 Å². The first kappa shape index (κ1) is 9.03. The molecule has 0 aromatic heterocycles. The largest absolute Gasteiger partial charge is 0.373 e. The van der Waals surface area contributed by atoms with E-state index in [4.69, 9.17) is 5.73 Å². The van der Waals surface area contributed by atoms with Crippen LogP contribution in [0.1, 0.15) is 11.5 Å². The molecule has 1 aliphatic heterocycles. The molecule has 1 aromatic rings. The number of para-hydroxylation sites is 1. The van der Waals surface area contributed by atoms with Crippen LogP contribution < -0.4 is 10.6 Å². The van der Waals surface area contributed by atoms with Crippen molar-refractivity contribution in [2.75, 3.05) is 25.0 Å². The molecule has 0 aliphatic carbocycles. The fourth-order valence-corrected chi connectivity index (χ4v) is 2.67. The van der Waals surface area contributed by atoms with Crippen molar-refractivity contribution in [3.63, 3.8) is 0 Å².